The van der Waals surface area contributed by atoms with Gasteiger partial charge in [-0.15, -0.1) is 0 Å². The molecule has 2 heterocycles. The molecule has 1 fully saturated rings. The number of hydrogen-bond acceptors (Lipinski definition) is 5. The summed E-state index contributed by atoms with van der Waals surface area (Å²) in [7, 11) is -1.91. The minimum atomic E-state index is -3.52. The molecule has 1 aromatic heterocycles. The number of piperidine rings is 1. The van der Waals surface area contributed by atoms with E-state index in [-0.39, 0.29) is 18.2 Å². The van der Waals surface area contributed by atoms with E-state index >= 15 is 0 Å². The minimum absolute atomic E-state index is 0.00377. The molecule has 1 aromatic carbocycles. The zero-order valence-corrected chi connectivity index (χ0v) is 16.8. The SMILES string of the molecule is COc1c(C)cc(C(=O)C2CCCN(S(=O)(=O)c3ccsc3)C2)cc1C. The van der Waals surface area contributed by atoms with Gasteiger partial charge in [0.2, 0.25) is 10.0 Å². The van der Waals surface area contributed by atoms with Crippen LogP contribution in [0, 0.1) is 19.8 Å². The highest BCUT2D eigenvalue weighted by atomic mass is 32.2. The van der Waals surface area contributed by atoms with Crippen molar-refractivity contribution >= 4 is 27.1 Å². The van der Waals surface area contributed by atoms with Crippen LogP contribution in [0.5, 0.6) is 5.75 Å². The van der Waals surface area contributed by atoms with E-state index in [1.807, 2.05) is 26.0 Å². The molecule has 0 saturated carbocycles. The largest absolute Gasteiger partial charge is 0.496 e. The second-order valence-corrected chi connectivity index (χ2v) is 9.39. The first-order valence-electron chi connectivity index (χ1n) is 8.56. The topological polar surface area (TPSA) is 63.7 Å². The van der Waals surface area contributed by atoms with E-state index < -0.39 is 10.0 Å². The standard InChI is InChI=1S/C19H23NO4S2/c1-13-9-16(10-14(2)19(13)24-3)18(21)15-5-4-7-20(11-15)26(22,23)17-6-8-25-12-17/h6,8-10,12,15H,4-5,7,11H2,1-3H3. The van der Waals surface area contributed by atoms with E-state index in [1.54, 1.807) is 23.9 Å². The van der Waals surface area contributed by atoms with Crippen LogP contribution in [0.1, 0.15) is 34.3 Å². The zero-order valence-electron chi connectivity index (χ0n) is 15.2. The van der Waals surface area contributed by atoms with Crippen molar-refractivity contribution in [2.45, 2.75) is 31.6 Å². The quantitative estimate of drug-likeness (QED) is 0.727. The Morgan fingerprint density at radius 2 is 1.96 bits per heavy atom. The Hall–Kier alpha value is -1.70. The predicted octanol–water partition coefficient (Wildman–Crippen LogP) is 3.66. The molecule has 1 saturated heterocycles. The van der Waals surface area contributed by atoms with Crippen molar-refractivity contribution in [3.63, 3.8) is 0 Å². The number of nitrogens with zero attached hydrogens (tertiary/aromatic N) is 1. The van der Waals surface area contributed by atoms with Crippen LogP contribution in [0.25, 0.3) is 0 Å². The molecule has 1 aliphatic rings. The second-order valence-electron chi connectivity index (χ2n) is 6.67. The number of ketones is 1. The number of methoxy groups -OCH3 is 1. The number of benzene rings is 1. The number of hydrogen-bond donors (Lipinski definition) is 0. The number of carbonyl (C=O) groups excluding carboxylic acids is 1. The van der Waals surface area contributed by atoms with E-state index in [1.165, 1.54) is 15.6 Å². The fourth-order valence-electron chi connectivity index (χ4n) is 3.57. The van der Waals surface area contributed by atoms with Crippen LogP contribution in [0.2, 0.25) is 0 Å². The summed E-state index contributed by atoms with van der Waals surface area (Å²) in [6, 6.07) is 5.28. The average molecular weight is 394 g/mol. The molecule has 1 atom stereocenters. The van der Waals surface area contributed by atoms with Gasteiger partial charge in [0.05, 0.1) is 12.0 Å². The lowest BCUT2D eigenvalue weighted by Gasteiger charge is -2.31. The van der Waals surface area contributed by atoms with Crippen molar-refractivity contribution in [2.75, 3.05) is 20.2 Å². The van der Waals surface area contributed by atoms with Gasteiger partial charge >= 0.3 is 0 Å². The highest BCUT2D eigenvalue weighted by Crippen LogP contribution is 2.29. The van der Waals surface area contributed by atoms with Crippen LogP contribution < -0.4 is 4.74 Å². The third-order valence-corrected chi connectivity index (χ3v) is 7.53. The van der Waals surface area contributed by atoms with Crippen molar-refractivity contribution in [2.24, 2.45) is 5.92 Å². The van der Waals surface area contributed by atoms with Crippen molar-refractivity contribution in [1.82, 2.24) is 4.31 Å². The van der Waals surface area contributed by atoms with Crippen LogP contribution in [0.15, 0.2) is 33.9 Å². The summed E-state index contributed by atoms with van der Waals surface area (Å²) in [5.41, 5.74) is 2.45. The maximum Gasteiger partial charge on any atom is 0.243 e. The van der Waals surface area contributed by atoms with E-state index in [2.05, 4.69) is 0 Å². The first kappa shape index (κ1) is 19.1. The first-order chi connectivity index (χ1) is 12.3. The summed E-state index contributed by atoms with van der Waals surface area (Å²) in [5.74, 6) is 0.472. The van der Waals surface area contributed by atoms with Crippen LogP contribution in [0.3, 0.4) is 0 Å². The van der Waals surface area contributed by atoms with Gasteiger partial charge < -0.3 is 4.74 Å². The van der Waals surface area contributed by atoms with Gasteiger partial charge in [-0.2, -0.15) is 15.6 Å². The Kier molecular flexibility index (Phi) is 5.50. The molecule has 0 bridgehead atoms. The summed E-state index contributed by atoms with van der Waals surface area (Å²) in [4.78, 5) is 13.3. The van der Waals surface area contributed by atoms with E-state index in [9.17, 15) is 13.2 Å². The second kappa shape index (κ2) is 7.50. The third kappa shape index (κ3) is 3.56. The Labute approximate surface area is 158 Å². The molecule has 1 unspecified atom stereocenters. The lowest BCUT2D eigenvalue weighted by atomic mass is 9.89. The number of carbonyl (C=O) groups is 1. The number of Topliss-reactive ketones (excluding diaryl/α,β-unsaturated/α-hetero) is 1. The van der Waals surface area contributed by atoms with Crippen LogP contribution in [-0.2, 0) is 10.0 Å². The molecule has 1 aliphatic heterocycles. The van der Waals surface area contributed by atoms with Crippen molar-refractivity contribution in [3.8, 4) is 5.75 Å². The van der Waals surface area contributed by atoms with Gasteiger partial charge in [0.15, 0.2) is 5.78 Å². The Balaban J connectivity index is 1.83. The molecule has 0 aliphatic carbocycles. The van der Waals surface area contributed by atoms with Gasteiger partial charge in [-0.25, -0.2) is 8.42 Å². The lowest BCUT2D eigenvalue weighted by molar-refractivity contribution is 0.0872. The maximum absolute atomic E-state index is 13.0. The van der Waals surface area contributed by atoms with E-state index in [0.717, 1.165) is 16.9 Å². The van der Waals surface area contributed by atoms with Gasteiger partial charge in [0.25, 0.3) is 0 Å². The first-order valence-corrected chi connectivity index (χ1v) is 10.9. The Morgan fingerprint density at radius 1 is 1.27 bits per heavy atom. The van der Waals surface area contributed by atoms with Crippen LogP contribution in [0.4, 0.5) is 0 Å². The molecule has 7 heteroatoms. The van der Waals surface area contributed by atoms with Crippen LogP contribution >= 0.6 is 11.3 Å². The molecular weight excluding hydrogens is 370 g/mol. The molecule has 0 radical (unpaired) electrons. The lowest BCUT2D eigenvalue weighted by Crippen LogP contribution is -2.42. The fraction of sp³-hybridized carbons (Fsp3) is 0.421. The smallest absolute Gasteiger partial charge is 0.243 e. The van der Waals surface area contributed by atoms with Gasteiger partial charge in [-0.1, -0.05) is 0 Å². The van der Waals surface area contributed by atoms with Crippen molar-refractivity contribution in [3.05, 3.63) is 45.6 Å². The molecule has 26 heavy (non-hydrogen) atoms. The molecule has 0 amide bonds. The molecule has 0 N–H and O–H groups in total. The van der Waals surface area contributed by atoms with Crippen molar-refractivity contribution in [1.29, 1.82) is 0 Å². The molecule has 3 rings (SSSR count). The molecule has 0 spiro atoms. The number of aryl methyl sites for hydroxylation is 2. The molecular formula is C19H23NO4S2. The maximum atomic E-state index is 13.0. The monoisotopic (exact) mass is 393 g/mol. The zero-order chi connectivity index (χ0) is 18.9. The number of rotatable bonds is 5. The van der Waals surface area contributed by atoms with E-state index in [4.69, 9.17) is 4.74 Å². The number of sulfonamides is 1. The summed E-state index contributed by atoms with van der Waals surface area (Å²) in [6.07, 6.45) is 1.40. The summed E-state index contributed by atoms with van der Waals surface area (Å²) >= 11 is 1.36. The Bertz CT molecular complexity index is 881. The minimum Gasteiger partial charge on any atom is -0.496 e. The third-order valence-electron chi connectivity index (χ3n) is 4.84. The van der Waals surface area contributed by atoms with Gasteiger partial charge in [0, 0.05) is 30.0 Å². The van der Waals surface area contributed by atoms with Gasteiger partial charge in [-0.3, -0.25) is 4.79 Å². The number of ether oxygens (including phenoxy) is 1. The fourth-order valence-corrected chi connectivity index (χ4v) is 6.11. The highest BCUT2D eigenvalue weighted by molar-refractivity contribution is 7.89. The summed E-state index contributed by atoms with van der Waals surface area (Å²) in [5, 5.41) is 3.39. The molecule has 2 aromatic rings. The summed E-state index contributed by atoms with van der Waals surface area (Å²) < 4.78 is 32.3. The molecule has 140 valence electrons. The van der Waals surface area contributed by atoms with E-state index in [0.29, 0.717) is 29.8 Å². The van der Waals surface area contributed by atoms with Crippen molar-refractivity contribution < 1.29 is 17.9 Å². The van der Waals surface area contributed by atoms with Gasteiger partial charge in [-0.05, 0) is 61.4 Å². The molecule has 5 nitrogen and oxygen atoms in total. The normalized spacial score (nSPS) is 18.7. The number of thiophene rings is 1. The van der Waals surface area contributed by atoms with Gasteiger partial charge in [0.1, 0.15) is 5.75 Å². The summed E-state index contributed by atoms with van der Waals surface area (Å²) in [6.45, 7) is 4.53. The predicted molar refractivity (Wildman–Crippen MR) is 103 cm³/mol. The van der Waals surface area contributed by atoms with Crippen LogP contribution in [-0.4, -0.2) is 38.7 Å². The average Bonchev–Trinajstić information content (AvgIpc) is 3.16. The Morgan fingerprint density at radius 3 is 2.54 bits per heavy atom. The highest BCUT2D eigenvalue weighted by Gasteiger charge is 2.34.